The Hall–Kier alpha value is -1.45. The molecule has 0 radical (unpaired) electrons. The molecule has 0 saturated carbocycles. The number of nitrogens with one attached hydrogen (secondary N) is 1. The molecule has 2 nitrogen and oxygen atoms in total. The van der Waals surface area contributed by atoms with Crippen LogP contribution in [0.25, 0.3) is 0 Å². The normalized spacial score (nSPS) is 12.0. The van der Waals surface area contributed by atoms with E-state index in [4.69, 9.17) is 11.6 Å². The molecule has 0 bridgehead atoms. The highest BCUT2D eigenvalue weighted by Gasteiger charge is 2.11. The minimum atomic E-state index is 0.0230. The molecule has 0 spiro atoms. The van der Waals surface area contributed by atoms with Gasteiger partial charge in [-0.1, -0.05) is 47.5 Å². The van der Waals surface area contributed by atoms with Crippen molar-refractivity contribution in [3.05, 3.63) is 69.7 Å². The van der Waals surface area contributed by atoms with Crippen LogP contribution >= 0.6 is 23.4 Å². The quantitative estimate of drug-likeness (QED) is 0.790. The molecule has 4 heteroatoms. The predicted octanol–water partition coefficient (Wildman–Crippen LogP) is 5.07. The van der Waals surface area contributed by atoms with Crippen molar-refractivity contribution >= 4 is 29.3 Å². The fourth-order valence-electron chi connectivity index (χ4n) is 2.56. The van der Waals surface area contributed by atoms with Gasteiger partial charge in [0.25, 0.3) is 0 Å². The highest BCUT2D eigenvalue weighted by atomic mass is 35.5. The first-order valence-electron chi connectivity index (χ1n) is 7.64. The van der Waals surface area contributed by atoms with Gasteiger partial charge in [-0.05, 0) is 49.6 Å². The molecule has 0 aromatic heterocycles. The van der Waals surface area contributed by atoms with Gasteiger partial charge in [-0.15, -0.1) is 11.8 Å². The van der Waals surface area contributed by atoms with Gasteiger partial charge in [0.1, 0.15) is 0 Å². The van der Waals surface area contributed by atoms with Crippen LogP contribution in [-0.4, -0.2) is 11.7 Å². The third kappa shape index (κ3) is 5.60. The van der Waals surface area contributed by atoms with E-state index in [1.54, 1.807) is 11.8 Å². The zero-order chi connectivity index (χ0) is 16.8. The monoisotopic (exact) mass is 347 g/mol. The Bertz CT molecular complexity index is 687. The third-order valence-electron chi connectivity index (χ3n) is 3.66. The van der Waals surface area contributed by atoms with Crippen LogP contribution in [-0.2, 0) is 10.5 Å². The fraction of sp³-hybridized carbons (Fsp3) is 0.316. The average Bonchev–Trinajstić information content (AvgIpc) is 2.47. The number of hydrogen-bond donors (Lipinski definition) is 1. The van der Waals surface area contributed by atoms with Crippen molar-refractivity contribution in [3.8, 4) is 0 Å². The molecule has 0 unspecified atom stereocenters. The van der Waals surface area contributed by atoms with Gasteiger partial charge < -0.3 is 5.32 Å². The number of benzene rings is 2. The predicted molar refractivity (Wildman–Crippen MR) is 100 cm³/mol. The molecule has 2 aromatic rings. The van der Waals surface area contributed by atoms with Crippen molar-refractivity contribution in [2.45, 2.75) is 32.6 Å². The number of rotatable bonds is 6. The number of carbonyl (C=O) groups excluding carboxylic acids is 1. The Labute approximate surface area is 147 Å². The van der Waals surface area contributed by atoms with E-state index in [-0.39, 0.29) is 11.9 Å². The van der Waals surface area contributed by atoms with Gasteiger partial charge in [0, 0.05) is 10.8 Å². The van der Waals surface area contributed by atoms with Crippen LogP contribution in [0.5, 0.6) is 0 Å². The largest absolute Gasteiger partial charge is 0.349 e. The summed E-state index contributed by atoms with van der Waals surface area (Å²) in [6, 6.07) is 14.1. The van der Waals surface area contributed by atoms with Crippen LogP contribution in [0.3, 0.4) is 0 Å². The second kappa shape index (κ2) is 8.42. The molecule has 2 aromatic carbocycles. The molecular weight excluding hydrogens is 326 g/mol. The molecule has 0 fully saturated rings. The van der Waals surface area contributed by atoms with Gasteiger partial charge in [-0.25, -0.2) is 0 Å². The van der Waals surface area contributed by atoms with Gasteiger partial charge in [0.15, 0.2) is 0 Å². The SMILES string of the molecule is Cc1ccc([C@H](C)NC(=O)CSCc2cccc(Cl)c2)c(C)c1. The van der Waals surface area contributed by atoms with Crippen molar-refractivity contribution in [1.82, 2.24) is 5.32 Å². The van der Waals surface area contributed by atoms with Crippen molar-refractivity contribution < 1.29 is 4.79 Å². The van der Waals surface area contributed by atoms with Crippen molar-refractivity contribution in [2.75, 3.05) is 5.75 Å². The lowest BCUT2D eigenvalue weighted by atomic mass is 10.0. The highest BCUT2D eigenvalue weighted by molar-refractivity contribution is 7.99. The van der Waals surface area contributed by atoms with E-state index in [1.165, 1.54) is 16.7 Å². The van der Waals surface area contributed by atoms with Crippen LogP contribution in [0.1, 0.15) is 35.2 Å². The Balaban J connectivity index is 1.82. The molecule has 1 atom stereocenters. The second-order valence-electron chi connectivity index (χ2n) is 5.77. The topological polar surface area (TPSA) is 29.1 Å². The molecule has 0 saturated heterocycles. The number of aryl methyl sites for hydroxylation is 2. The summed E-state index contributed by atoms with van der Waals surface area (Å²) in [5, 5.41) is 3.80. The summed E-state index contributed by atoms with van der Waals surface area (Å²) in [6.07, 6.45) is 0. The Morgan fingerprint density at radius 1 is 1.22 bits per heavy atom. The summed E-state index contributed by atoms with van der Waals surface area (Å²) >= 11 is 7.56. The lowest BCUT2D eigenvalue weighted by molar-refractivity contribution is -0.119. The molecule has 1 amide bonds. The number of amides is 1. The minimum absolute atomic E-state index is 0.0230. The first-order valence-corrected chi connectivity index (χ1v) is 9.17. The summed E-state index contributed by atoms with van der Waals surface area (Å²) in [5.74, 6) is 1.29. The Morgan fingerprint density at radius 3 is 2.70 bits per heavy atom. The summed E-state index contributed by atoms with van der Waals surface area (Å²) in [5.41, 5.74) is 4.76. The van der Waals surface area contributed by atoms with Crippen LogP contribution in [0.15, 0.2) is 42.5 Å². The van der Waals surface area contributed by atoms with E-state index in [0.29, 0.717) is 5.75 Å². The minimum Gasteiger partial charge on any atom is -0.349 e. The number of thioether (sulfide) groups is 1. The van der Waals surface area contributed by atoms with Crippen LogP contribution in [0.4, 0.5) is 0 Å². The Kier molecular flexibility index (Phi) is 6.55. The van der Waals surface area contributed by atoms with Crippen LogP contribution in [0, 0.1) is 13.8 Å². The van der Waals surface area contributed by atoms with Crippen molar-refractivity contribution in [3.63, 3.8) is 0 Å². The zero-order valence-corrected chi connectivity index (χ0v) is 15.3. The van der Waals surface area contributed by atoms with Crippen LogP contribution < -0.4 is 5.32 Å². The molecule has 122 valence electrons. The number of carbonyl (C=O) groups is 1. The van der Waals surface area contributed by atoms with E-state index < -0.39 is 0 Å². The first kappa shape index (κ1) is 17.9. The third-order valence-corrected chi connectivity index (χ3v) is 4.90. The summed E-state index contributed by atoms with van der Waals surface area (Å²) in [7, 11) is 0. The van der Waals surface area contributed by atoms with E-state index >= 15 is 0 Å². The van der Waals surface area contributed by atoms with E-state index in [0.717, 1.165) is 16.3 Å². The first-order chi connectivity index (χ1) is 11.0. The molecular formula is C19H22ClNOS. The summed E-state index contributed by atoms with van der Waals surface area (Å²) in [6.45, 7) is 6.18. The fourth-order valence-corrected chi connectivity index (χ4v) is 3.56. The van der Waals surface area contributed by atoms with Gasteiger partial charge >= 0.3 is 0 Å². The maximum atomic E-state index is 12.1. The van der Waals surface area contributed by atoms with Gasteiger partial charge in [-0.3, -0.25) is 4.79 Å². The molecule has 0 aliphatic rings. The van der Waals surface area contributed by atoms with Gasteiger partial charge in [0.05, 0.1) is 11.8 Å². The zero-order valence-electron chi connectivity index (χ0n) is 13.7. The molecule has 0 heterocycles. The second-order valence-corrected chi connectivity index (χ2v) is 7.19. The van der Waals surface area contributed by atoms with Gasteiger partial charge in [-0.2, -0.15) is 0 Å². The number of hydrogen-bond acceptors (Lipinski definition) is 2. The maximum Gasteiger partial charge on any atom is 0.230 e. The number of halogens is 1. The standard InChI is InChI=1S/C19H22ClNOS/c1-13-7-8-18(14(2)9-13)15(3)21-19(22)12-23-11-16-5-4-6-17(20)10-16/h4-10,15H,11-12H2,1-3H3,(H,21,22)/t15-/m0/s1. The lowest BCUT2D eigenvalue weighted by Crippen LogP contribution is -2.28. The van der Waals surface area contributed by atoms with E-state index in [9.17, 15) is 4.79 Å². The summed E-state index contributed by atoms with van der Waals surface area (Å²) in [4.78, 5) is 12.1. The molecule has 23 heavy (non-hydrogen) atoms. The molecule has 1 N–H and O–H groups in total. The average molecular weight is 348 g/mol. The van der Waals surface area contributed by atoms with Crippen LogP contribution in [0.2, 0.25) is 5.02 Å². The van der Waals surface area contributed by atoms with Crippen molar-refractivity contribution in [2.24, 2.45) is 0 Å². The lowest BCUT2D eigenvalue weighted by Gasteiger charge is -2.17. The molecule has 0 aliphatic carbocycles. The summed E-state index contributed by atoms with van der Waals surface area (Å²) < 4.78 is 0. The van der Waals surface area contributed by atoms with E-state index in [2.05, 4.69) is 37.4 Å². The molecule has 2 rings (SSSR count). The smallest absolute Gasteiger partial charge is 0.230 e. The van der Waals surface area contributed by atoms with Gasteiger partial charge in [0.2, 0.25) is 5.91 Å². The molecule has 0 aliphatic heterocycles. The van der Waals surface area contributed by atoms with Crippen molar-refractivity contribution in [1.29, 1.82) is 0 Å². The van der Waals surface area contributed by atoms with E-state index in [1.807, 2.05) is 31.2 Å². The highest BCUT2D eigenvalue weighted by Crippen LogP contribution is 2.20. The maximum absolute atomic E-state index is 12.1. The Morgan fingerprint density at radius 2 is 2.00 bits per heavy atom.